The molecule has 0 unspecified atom stereocenters. The van der Waals surface area contributed by atoms with Crippen LogP contribution in [0.2, 0.25) is 5.02 Å². The number of carbonyl (C=O) groups excluding carboxylic acids is 1. The summed E-state index contributed by atoms with van der Waals surface area (Å²) < 4.78 is 15.4. The molecule has 0 aliphatic carbocycles. The summed E-state index contributed by atoms with van der Waals surface area (Å²) in [6, 6.07) is 4.66. The van der Waals surface area contributed by atoms with Crippen LogP contribution >= 0.6 is 11.6 Å². The van der Waals surface area contributed by atoms with Crippen LogP contribution in [-0.2, 0) is 13.0 Å². The zero-order valence-corrected chi connectivity index (χ0v) is 11.3. The van der Waals surface area contributed by atoms with E-state index in [-0.39, 0.29) is 17.2 Å². The third-order valence-electron chi connectivity index (χ3n) is 2.79. The summed E-state index contributed by atoms with van der Waals surface area (Å²) >= 11 is 5.69. The van der Waals surface area contributed by atoms with Crippen molar-refractivity contribution in [2.24, 2.45) is 0 Å². The number of aryl methyl sites for hydroxylation is 1. The third kappa shape index (κ3) is 3.20. The number of ketones is 1. The number of halogens is 2. The van der Waals surface area contributed by atoms with E-state index in [0.29, 0.717) is 11.1 Å². The Balaban J connectivity index is 2.14. The van der Waals surface area contributed by atoms with Gasteiger partial charge in [-0.05, 0) is 18.1 Å². The molecule has 1 aromatic carbocycles. The van der Waals surface area contributed by atoms with E-state index >= 15 is 0 Å². The first kappa shape index (κ1) is 13.7. The lowest BCUT2D eigenvalue weighted by Crippen LogP contribution is -2.05. The Labute approximate surface area is 116 Å². The van der Waals surface area contributed by atoms with Gasteiger partial charge in [0.25, 0.3) is 0 Å². The number of nitrogens with zero attached hydrogens (tertiary/aromatic N) is 2. The molecule has 0 aliphatic heterocycles. The van der Waals surface area contributed by atoms with E-state index in [1.807, 2.05) is 6.92 Å². The molecule has 5 heteroatoms. The van der Waals surface area contributed by atoms with Crippen LogP contribution in [0, 0.1) is 5.82 Å². The highest BCUT2D eigenvalue weighted by molar-refractivity contribution is 6.30. The summed E-state index contributed by atoms with van der Waals surface area (Å²) in [5.74, 6) is -0.693. The van der Waals surface area contributed by atoms with Crippen LogP contribution in [0.15, 0.2) is 30.6 Å². The van der Waals surface area contributed by atoms with Crippen LogP contribution in [0.1, 0.15) is 29.3 Å². The number of hydrogen-bond donors (Lipinski definition) is 0. The van der Waals surface area contributed by atoms with Crippen LogP contribution in [0.4, 0.5) is 4.39 Å². The minimum Gasteiger partial charge on any atom is -0.294 e. The fourth-order valence-electron chi connectivity index (χ4n) is 1.82. The highest BCUT2D eigenvalue weighted by Crippen LogP contribution is 2.19. The predicted molar refractivity (Wildman–Crippen MR) is 72.0 cm³/mol. The summed E-state index contributed by atoms with van der Waals surface area (Å²) in [5.41, 5.74) is 0.800. The molecule has 2 rings (SSSR count). The predicted octanol–water partition coefficient (Wildman–Crippen LogP) is 3.51. The zero-order chi connectivity index (χ0) is 13.8. The van der Waals surface area contributed by atoms with Crippen molar-refractivity contribution < 1.29 is 9.18 Å². The molecule has 3 nitrogen and oxygen atoms in total. The van der Waals surface area contributed by atoms with Crippen LogP contribution in [0.5, 0.6) is 0 Å². The van der Waals surface area contributed by atoms with Crippen LogP contribution in [0.3, 0.4) is 0 Å². The van der Waals surface area contributed by atoms with E-state index in [4.69, 9.17) is 11.6 Å². The van der Waals surface area contributed by atoms with E-state index in [1.165, 1.54) is 12.3 Å². The highest BCUT2D eigenvalue weighted by atomic mass is 35.5. The van der Waals surface area contributed by atoms with Crippen molar-refractivity contribution in [2.45, 2.75) is 26.3 Å². The molecule has 0 saturated carbocycles. The van der Waals surface area contributed by atoms with Crippen LogP contribution < -0.4 is 0 Å². The molecule has 0 spiro atoms. The second kappa shape index (κ2) is 5.97. The second-order valence-electron chi connectivity index (χ2n) is 4.30. The largest absolute Gasteiger partial charge is 0.294 e. The van der Waals surface area contributed by atoms with E-state index in [9.17, 15) is 9.18 Å². The number of carbonyl (C=O) groups is 1. The lowest BCUT2D eigenvalue weighted by Gasteiger charge is -2.02. The first-order chi connectivity index (χ1) is 9.11. The minimum absolute atomic E-state index is 0.00971. The molecule has 0 bridgehead atoms. The van der Waals surface area contributed by atoms with Gasteiger partial charge in [-0.2, -0.15) is 5.10 Å². The molecule has 2 aromatic rings. The minimum atomic E-state index is -0.529. The van der Waals surface area contributed by atoms with Crippen molar-refractivity contribution >= 4 is 17.4 Å². The first-order valence-corrected chi connectivity index (χ1v) is 6.48. The third-order valence-corrected chi connectivity index (χ3v) is 3.08. The number of hydrogen-bond acceptors (Lipinski definition) is 2. The Hall–Kier alpha value is -1.68. The van der Waals surface area contributed by atoms with Crippen LogP contribution in [0.25, 0.3) is 0 Å². The van der Waals surface area contributed by atoms with E-state index in [1.54, 1.807) is 23.0 Å². The molecule has 1 aromatic heterocycles. The van der Waals surface area contributed by atoms with E-state index in [2.05, 4.69) is 5.10 Å². The Morgan fingerprint density at radius 2 is 2.26 bits per heavy atom. The Kier molecular flexibility index (Phi) is 4.32. The van der Waals surface area contributed by atoms with Gasteiger partial charge in [-0.3, -0.25) is 9.48 Å². The summed E-state index contributed by atoms with van der Waals surface area (Å²) in [4.78, 5) is 12.0. The molecule has 1 heterocycles. The Morgan fingerprint density at radius 3 is 3.00 bits per heavy atom. The molecule has 0 amide bonds. The Morgan fingerprint density at radius 1 is 1.47 bits per heavy atom. The average Bonchev–Trinajstić information content (AvgIpc) is 2.84. The van der Waals surface area contributed by atoms with Gasteiger partial charge in [-0.25, -0.2) is 4.39 Å². The fourth-order valence-corrected chi connectivity index (χ4v) is 2.01. The second-order valence-corrected chi connectivity index (χ2v) is 4.71. The van der Waals surface area contributed by atoms with Crippen molar-refractivity contribution in [3.63, 3.8) is 0 Å². The van der Waals surface area contributed by atoms with E-state index in [0.717, 1.165) is 13.0 Å². The summed E-state index contributed by atoms with van der Waals surface area (Å²) in [7, 11) is 0. The van der Waals surface area contributed by atoms with Gasteiger partial charge < -0.3 is 0 Å². The van der Waals surface area contributed by atoms with Gasteiger partial charge >= 0.3 is 0 Å². The maximum Gasteiger partial charge on any atom is 0.170 e. The molecule has 0 N–H and O–H groups in total. The summed E-state index contributed by atoms with van der Waals surface area (Å²) in [5, 5.41) is 4.12. The quantitative estimate of drug-likeness (QED) is 0.786. The van der Waals surface area contributed by atoms with Crippen molar-refractivity contribution in [3.8, 4) is 0 Å². The normalized spacial score (nSPS) is 10.7. The highest BCUT2D eigenvalue weighted by Gasteiger charge is 2.13. The topological polar surface area (TPSA) is 34.9 Å². The molecule has 0 atom stereocenters. The van der Waals surface area contributed by atoms with Crippen molar-refractivity contribution in [1.82, 2.24) is 9.78 Å². The van der Waals surface area contributed by atoms with Crippen LogP contribution in [-0.4, -0.2) is 15.6 Å². The summed E-state index contributed by atoms with van der Waals surface area (Å²) in [6.45, 7) is 2.79. The number of aromatic nitrogens is 2. The smallest absolute Gasteiger partial charge is 0.170 e. The molecular formula is C14H14ClFN2O. The molecule has 0 aliphatic rings. The molecule has 0 fully saturated rings. The lowest BCUT2D eigenvalue weighted by atomic mass is 10.1. The van der Waals surface area contributed by atoms with Crippen molar-refractivity contribution in [2.75, 3.05) is 0 Å². The molecule has 0 saturated heterocycles. The van der Waals surface area contributed by atoms with Gasteiger partial charge in [0, 0.05) is 19.2 Å². The van der Waals surface area contributed by atoms with Gasteiger partial charge in [0.1, 0.15) is 5.82 Å². The Bertz CT molecular complexity index is 595. The van der Waals surface area contributed by atoms with Crippen molar-refractivity contribution in [3.05, 3.63) is 52.6 Å². The zero-order valence-electron chi connectivity index (χ0n) is 10.6. The van der Waals surface area contributed by atoms with Gasteiger partial charge in [0.05, 0.1) is 16.8 Å². The maximum atomic E-state index is 13.7. The summed E-state index contributed by atoms with van der Waals surface area (Å²) in [6.07, 6.45) is 4.14. The molecule has 100 valence electrons. The van der Waals surface area contributed by atoms with Gasteiger partial charge in [0.15, 0.2) is 5.78 Å². The lowest BCUT2D eigenvalue weighted by molar-refractivity contribution is 0.0991. The van der Waals surface area contributed by atoms with Gasteiger partial charge in [-0.1, -0.05) is 30.7 Å². The molecular weight excluding hydrogens is 267 g/mol. The average molecular weight is 281 g/mol. The van der Waals surface area contributed by atoms with E-state index < -0.39 is 5.82 Å². The first-order valence-electron chi connectivity index (χ1n) is 6.10. The molecule has 19 heavy (non-hydrogen) atoms. The number of rotatable bonds is 5. The SMILES string of the molecule is CCCn1cc(C(=O)Cc2cccc(Cl)c2F)cn1. The number of Topliss-reactive ketones (excluding diaryl/α,β-unsaturated/α-hetero) is 1. The van der Waals surface area contributed by atoms with Gasteiger partial charge in [0.2, 0.25) is 0 Å². The van der Waals surface area contributed by atoms with Crippen molar-refractivity contribution in [1.29, 1.82) is 0 Å². The fraction of sp³-hybridized carbons (Fsp3) is 0.286. The monoisotopic (exact) mass is 280 g/mol. The number of benzene rings is 1. The maximum absolute atomic E-state index is 13.7. The standard InChI is InChI=1S/C14H14ClFN2O/c1-2-6-18-9-11(8-17-18)13(19)7-10-4-3-5-12(15)14(10)16/h3-5,8-9H,2,6-7H2,1H3. The molecule has 0 radical (unpaired) electrons. The van der Waals surface area contributed by atoms with Gasteiger partial charge in [-0.15, -0.1) is 0 Å².